The summed E-state index contributed by atoms with van der Waals surface area (Å²) in [5.41, 5.74) is 3.14. The van der Waals surface area contributed by atoms with Gasteiger partial charge < -0.3 is 10.1 Å². The van der Waals surface area contributed by atoms with E-state index in [0.717, 1.165) is 22.7 Å². The molecule has 1 heterocycles. The van der Waals surface area contributed by atoms with Crippen LogP contribution in [0.4, 0.5) is 0 Å². The Hall–Kier alpha value is -1.72. The van der Waals surface area contributed by atoms with Crippen LogP contribution in [-0.2, 0) is 16.0 Å². The molecule has 1 aromatic heterocycles. The molecule has 0 atom stereocenters. The largest absolute Gasteiger partial charge is 0.385 e. The molecular formula is C16H20N2O2S. The number of hydrogen-bond donors (Lipinski definition) is 1. The van der Waals surface area contributed by atoms with Gasteiger partial charge in [0.1, 0.15) is 5.01 Å². The quantitative estimate of drug-likeness (QED) is 0.800. The minimum absolute atomic E-state index is 0.00635. The van der Waals surface area contributed by atoms with Crippen LogP contribution in [-0.4, -0.2) is 31.2 Å². The third-order valence-electron chi connectivity index (χ3n) is 3.04. The van der Waals surface area contributed by atoms with Gasteiger partial charge in [0.15, 0.2) is 0 Å². The summed E-state index contributed by atoms with van der Waals surface area (Å²) in [7, 11) is 1.66. The van der Waals surface area contributed by atoms with Crippen molar-refractivity contribution in [1.29, 1.82) is 0 Å². The number of methoxy groups -OCH3 is 1. The number of ether oxygens (including phenoxy) is 1. The van der Waals surface area contributed by atoms with Crippen LogP contribution in [0.1, 0.15) is 17.7 Å². The molecule has 0 saturated heterocycles. The van der Waals surface area contributed by atoms with Crippen molar-refractivity contribution in [3.05, 3.63) is 40.9 Å². The molecule has 5 heteroatoms. The third-order valence-corrected chi connectivity index (χ3v) is 3.98. The van der Waals surface area contributed by atoms with Crippen LogP contribution in [0, 0.1) is 6.92 Å². The summed E-state index contributed by atoms with van der Waals surface area (Å²) >= 11 is 1.57. The van der Waals surface area contributed by atoms with Crippen molar-refractivity contribution in [2.75, 3.05) is 20.3 Å². The fourth-order valence-electron chi connectivity index (χ4n) is 1.89. The first kappa shape index (κ1) is 15.7. The van der Waals surface area contributed by atoms with E-state index in [1.165, 1.54) is 5.56 Å². The van der Waals surface area contributed by atoms with Crippen molar-refractivity contribution in [3.63, 3.8) is 0 Å². The summed E-state index contributed by atoms with van der Waals surface area (Å²) in [5, 5.41) is 5.77. The number of aryl methyl sites for hydroxylation is 1. The summed E-state index contributed by atoms with van der Waals surface area (Å²) in [6.45, 7) is 3.36. The molecule has 0 spiro atoms. The van der Waals surface area contributed by atoms with Crippen molar-refractivity contribution in [2.24, 2.45) is 0 Å². The minimum atomic E-state index is 0.00635. The number of thiazole rings is 1. The van der Waals surface area contributed by atoms with Gasteiger partial charge in [-0.25, -0.2) is 4.98 Å². The number of amides is 1. The first-order chi connectivity index (χ1) is 10.2. The van der Waals surface area contributed by atoms with E-state index in [0.29, 0.717) is 19.6 Å². The summed E-state index contributed by atoms with van der Waals surface area (Å²) in [6, 6.07) is 8.25. The van der Waals surface area contributed by atoms with Crippen molar-refractivity contribution >= 4 is 17.2 Å². The second-order valence-electron chi connectivity index (χ2n) is 4.88. The number of hydrogen-bond acceptors (Lipinski definition) is 4. The number of rotatable bonds is 7. The van der Waals surface area contributed by atoms with E-state index in [-0.39, 0.29) is 5.91 Å². The van der Waals surface area contributed by atoms with Gasteiger partial charge in [-0.2, -0.15) is 0 Å². The molecule has 0 radical (unpaired) electrons. The summed E-state index contributed by atoms with van der Waals surface area (Å²) < 4.78 is 4.94. The molecule has 0 aliphatic rings. The predicted molar refractivity (Wildman–Crippen MR) is 85.5 cm³/mol. The van der Waals surface area contributed by atoms with Crippen molar-refractivity contribution in [3.8, 4) is 10.6 Å². The molecule has 0 unspecified atom stereocenters. The summed E-state index contributed by atoms with van der Waals surface area (Å²) in [5.74, 6) is 0.00635. The highest BCUT2D eigenvalue weighted by molar-refractivity contribution is 7.13. The Kier molecular flexibility index (Phi) is 5.90. The van der Waals surface area contributed by atoms with Gasteiger partial charge in [0.05, 0.1) is 12.1 Å². The number of carbonyl (C=O) groups excluding carboxylic acids is 1. The topological polar surface area (TPSA) is 51.2 Å². The fraction of sp³-hybridized carbons (Fsp3) is 0.375. The van der Waals surface area contributed by atoms with Crippen molar-refractivity contribution < 1.29 is 9.53 Å². The van der Waals surface area contributed by atoms with Crippen molar-refractivity contribution in [2.45, 2.75) is 19.8 Å². The Balaban J connectivity index is 1.88. The van der Waals surface area contributed by atoms with Gasteiger partial charge >= 0.3 is 0 Å². The molecule has 112 valence electrons. The maximum Gasteiger partial charge on any atom is 0.226 e. The Morgan fingerprint density at radius 3 is 2.81 bits per heavy atom. The molecule has 0 fully saturated rings. The lowest BCUT2D eigenvalue weighted by atomic mass is 10.2. The van der Waals surface area contributed by atoms with Gasteiger partial charge in [0, 0.05) is 31.2 Å². The van der Waals surface area contributed by atoms with Crippen molar-refractivity contribution in [1.82, 2.24) is 10.3 Å². The molecule has 1 aromatic carbocycles. The Bertz CT molecular complexity index is 578. The first-order valence-electron chi connectivity index (χ1n) is 6.96. The highest BCUT2D eigenvalue weighted by atomic mass is 32.1. The zero-order valence-corrected chi connectivity index (χ0v) is 13.2. The van der Waals surface area contributed by atoms with Gasteiger partial charge in [-0.1, -0.05) is 29.8 Å². The molecule has 2 rings (SSSR count). The van der Waals surface area contributed by atoms with E-state index in [4.69, 9.17) is 4.74 Å². The smallest absolute Gasteiger partial charge is 0.226 e. The summed E-state index contributed by atoms with van der Waals surface area (Å²) in [4.78, 5) is 16.3. The molecule has 1 amide bonds. The van der Waals surface area contributed by atoms with E-state index in [1.807, 2.05) is 5.38 Å². The number of aromatic nitrogens is 1. The number of benzene rings is 1. The maximum atomic E-state index is 11.8. The van der Waals surface area contributed by atoms with Gasteiger partial charge in [-0.05, 0) is 13.3 Å². The lowest BCUT2D eigenvalue weighted by Crippen LogP contribution is -2.26. The lowest BCUT2D eigenvalue weighted by Gasteiger charge is -2.03. The average molecular weight is 304 g/mol. The van der Waals surface area contributed by atoms with Crippen LogP contribution >= 0.6 is 11.3 Å². The molecular weight excluding hydrogens is 284 g/mol. The monoisotopic (exact) mass is 304 g/mol. The normalized spacial score (nSPS) is 10.6. The lowest BCUT2D eigenvalue weighted by molar-refractivity contribution is -0.120. The fourth-order valence-corrected chi connectivity index (χ4v) is 2.71. The summed E-state index contributed by atoms with van der Waals surface area (Å²) in [6.07, 6.45) is 1.16. The average Bonchev–Trinajstić information content (AvgIpc) is 2.93. The predicted octanol–water partition coefficient (Wildman–Crippen LogP) is 2.81. The highest BCUT2D eigenvalue weighted by Gasteiger charge is 2.08. The van der Waals surface area contributed by atoms with E-state index in [2.05, 4.69) is 41.5 Å². The standard InChI is InChI=1S/C16H20N2O2S/c1-12-4-6-13(7-5-12)16-18-14(11-21-16)10-15(19)17-8-3-9-20-2/h4-7,11H,3,8-10H2,1-2H3,(H,17,19). The second kappa shape index (κ2) is 7.90. The molecule has 0 bridgehead atoms. The highest BCUT2D eigenvalue weighted by Crippen LogP contribution is 2.24. The van der Waals surface area contributed by atoms with E-state index < -0.39 is 0 Å². The minimum Gasteiger partial charge on any atom is -0.385 e. The first-order valence-corrected chi connectivity index (χ1v) is 7.84. The molecule has 4 nitrogen and oxygen atoms in total. The molecule has 0 saturated carbocycles. The van der Waals surface area contributed by atoms with Crippen LogP contribution < -0.4 is 5.32 Å². The Morgan fingerprint density at radius 2 is 2.10 bits per heavy atom. The van der Waals surface area contributed by atoms with Crippen LogP contribution in [0.5, 0.6) is 0 Å². The number of nitrogens with one attached hydrogen (secondary N) is 1. The SMILES string of the molecule is COCCCNC(=O)Cc1csc(-c2ccc(C)cc2)n1. The molecule has 2 aromatic rings. The Morgan fingerprint density at radius 1 is 1.33 bits per heavy atom. The molecule has 1 N–H and O–H groups in total. The van der Waals surface area contributed by atoms with Crippen LogP contribution in [0.25, 0.3) is 10.6 Å². The van der Waals surface area contributed by atoms with Gasteiger partial charge in [-0.15, -0.1) is 11.3 Å². The Labute approximate surface area is 129 Å². The van der Waals surface area contributed by atoms with E-state index in [9.17, 15) is 4.79 Å². The molecule has 21 heavy (non-hydrogen) atoms. The van der Waals surface area contributed by atoms with E-state index in [1.54, 1.807) is 18.4 Å². The van der Waals surface area contributed by atoms with E-state index >= 15 is 0 Å². The van der Waals surface area contributed by atoms with Gasteiger partial charge in [0.2, 0.25) is 5.91 Å². The second-order valence-corrected chi connectivity index (χ2v) is 5.74. The van der Waals surface area contributed by atoms with Gasteiger partial charge in [-0.3, -0.25) is 4.79 Å². The van der Waals surface area contributed by atoms with Crippen LogP contribution in [0.15, 0.2) is 29.6 Å². The van der Waals surface area contributed by atoms with Gasteiger partial charge in [0.25, 0.3) is 0 Å². The number of carbonyl (C=O) groups is 1. The zero-order valence-electron chi connectivity index (χ0n) is 12.4. The van der Waals surface area contributed by atoms with Crippen LogP contribution in [0.3, 0.4) is 0 Å². The van der Waals surface area contributed by atoms with Crippen LogP contribution in [0.2, 0.25) is 0 Å². The zero-order chi connectivity index (χ0) is 15.1. The number of nitrogens with zero attached hydrogens (tertiary/aromatic N) is 1. The maximum absolute atomic E-state index is 11.8. The molecule has 0 aliphatic carbocycles. The third kappa shape index (κ3) is 4.95. The molecule has 0 aliphatic heterocycles.